The zero-order chi connectivity index (χ0) is 25.8. The molecule has 1 N–H and O–H groups in total. The second-order valence-electron chi connectivity index (χ2n) is 10.3. The molecule has 1 aromatic heterocycles. The van der Waals surface area contributed by atoms with Crippen molar-refractivity contribution in [2.75, 3.05) is 7.11 Å². The number of imidazole rings is 1. The Bertz CT molecular complexity index is 1200. The normalized spacial score (nSPS) is 18.6. The lowest BCUT2D eigenvalue weighted by molar-refractivity contribution is -0.127. The predicted octanol–water partition coefficient (Wildman–Crippen LogP) is 6.74. The Labute approximate surface area is 217 Å². The molecule has 1 unspecified atom stereocenters. The number of benzene rings is 2. The highest BCUT2D eigenvalue weighted by Gasteiger charge is 2.35. The van der Waals surface area contributed by atoms with Crippen LogP contribution < -0.4 is 5.32 Å². The molecule has 0 spiro atoms. The third-order valence-electron chi connectivity index (χ3n) is 8.01. The molecule has 5 rings (SSSR count). The van der Waals surface area contributed by atoms with Crippen LogP contribution >= 0.6 is 0 Å². The zero-order valence-corrected chi connectivity index (χ0v) is 21.3. The summed E-state index contributed by atoms with van der Waals surface area (Å²) in [5.74, 6) is -1.64. The molecule has 7 heteroatoms. The molecule has 0 bridgehead atoms. The lowest BCUT2D eigenvalue weighted by Crippen LogP contribution is -2.42. The lowest BCUT2D eigenvalue weighted by Gasteiger charge is -2.32. The quantitative estimate of drug-likeness (QED) is 0.367. The van der Waals surface area contributed by atoms with Crippen molar-refractivity contribution in [2.24, 2.45) is 5.92 Å². The van der Waals surface area contributed by atoms with E-state index in [0.29, 0.717) is 5.56 Å². The fourth-order valence-electron chi connectivity index (χ4n) is 6.19. The minimum atomic E-state index is -0.985. The van der Waals surface area contributed by atoms with Crippen molar-refractivity contribution < 1.29 is 18.3 Å². The molecule has 1 amide bonds. The second-order valence-corrected chi connectivity index (χ2v) is 10.3. The molecule has 2 aromatic carbocycles. The van der Waals surface area contributed by atoms with Crippen molar-refractivity contribution in [1.29, 1.82) is 0 Å². The Balaban J connectivity index is 1.60. The molecule has 2 aliphatic carbocycles. The molecule has 0 aliphatic heterocycles. The summed E-state index contributed by atoms with van der Waals surface area (Å²) in [7, 11) is 1.55. The Morgan fingerprint density at radius 1 is 1.00 bits per heavy atom. The maximum atomic E-state index is 15.7. The molecule has 2 aliphatic rings. The van der Waals surface area contributed by atoms with Crippen molar-refractivity contribution in [3.8, 4) is 11.4 Å². The third-order valence-corrected chi connectivity index (χ3v) is 8.01. The van der Waals surface area contributed by atoms with Gasteiger partial charge >= 0.3 is 0 Å². The number of amides is 1. The second kappa shape index (κ2) is 11.5. The number of aromatic nitrogens is 2. The number of methoxy groups -OCH3 is 1. The van der Waals surface area contributed by atoms with Crippen molar-refractivity contribution in [3.63, 3.8) is 0 Å². The van der Waals surface area contributed by atoms with Crippen molar-refractivity contribution in [2.45, 2.75) is 76.0 Å². The average molecular weight is 508 g/mol. The van der Waals surface area contributed by atoms with Gasteiger partial charge in [0.2, 0.25) is 5.91 Å². The topological polar surface area (TPSA) is 56.2 Å². The molecule has 2 fully saturated rings. The van der Waals surface area contributed by atoms with Crippen LogP contribution in [0.1, 0.15) is 81.1 Å². The summed E-state index contributed by atoms with van der Waals surface area (Å²) in [4.78, 5) is 18.3. The Hall–Kier alpha value is -3.06. The van der Waals surface area contributed by atoms with Gasteiger partial charge in [-0.25, -0.2) is 13.8 Å². The largest absolute Gasteiger partial charge is 0.372 e. The smallest absolute Gasteiger partial charge is 0.243 e. The van der Waals surface area contributed by atoms with Crippen LogP contribution in [0.25, 0.3) is 11.4 Å². The Kier molecular flexibility index (Phi) is 7.99. The van der Waals surface area contributed by atoms with Gasteiger partial charge in [-0.3, -0.25) is 4.79 Å². The van der Waals surface area contributed by atoms with Crippen LogP contribution in [0.4, 0.5) is 8.78 Å². The van der Waals surface area contributed by atoms with Crippen molar-refractivity contribution in [3.05, 3.63) is 77.6 Å². The molecule has 2 atom stereocenters. The standard InChI is InChI=1S/C30H35F2N3O2/c1-37-28(21-12-6-3-7-13-21)23-16-17-24(31)26(32)25(23)29-33-18-19-35(29)27(20-10-4-2-5-11-20)30(36)34-22-14-8-9-15-22/h3,6-7,12-13,16-20,22,27-28H,2,4-5,8-11,14-15H2,1H3,(H,34,36)/t27-,28?/m0/s1. The van der Waals surface area contributed by atoms with Crippen LogP contribution in [0.3, 0.4) is 0 Å². The zero-order valence-electron chi connectivity index (χ0n) is 21.3. The van der Waals surface area contributed by atoms with Crippen LogP contribution in [0.15, 0.2) is 54.9 Å². The summed E-state index contributed by atoms with van der Waals surface area (Å²) in [6, 6.07) is 11.8. The molecular formula is C30H35F2N3O2. The first-order chi connectivity index (χ1) is 18.1. The maximum Gasteiger partial charge on any atom is 0.243 e. The van der Waals surface area contributed by atoms with E-state index in [-0.39, 0.29) is 29.3 Å². The number of halogens is 2. The van der Waals surface area contributed by atoms with E-state index in [0.717, 1.165) is 69.4 Å². The Morgan fingerprint density at radius 2 is 1.70 bits per heavy atom. The number of hydrogen-bond donors (Lipinski definition) is 1. The number of hydrogen-bond acceptors (Lipinski definition) is 3. The van der Waals surface area contributed by atoms with Gasteiger partial charge in [-0.1, -0.05) is 68.5 Å². The molecule has 2 saturated carbocycles. The van der Waals surface area contributed by atoms with Gasteiger partial charge in [0, 0.05) is 25.5 Å². The van der Waals surface area contributed by atoms with E-state index in [9.17, 15) is 9.18 Å². The van der Waals surface area contributed by atoms with E-state index in [1.54, 1.807) is 30.1 Å². The first kappa shape index (κ1) is 25.6. The number of rotatable bonds is 8. The predicted molar refractivity (Wildman–Crippen MR) is 139 cm³/mol. The number of nitrogens with zero attached hydrogens (tertiary/aromatic N) is 2. The molecule has 5 nitrogen and oxygen atoms in total. The number of carbonyl (C=O) groups excluding carboxylic acids is 1. The van der Waals surface area contributed by atoms with Gasteiger partial charge in [0.1, 0.15) is 18.0 Å². The molecular weight excluding hydrogens is 472 g/mol. The highest BCUT2D eigenvalue weighted by Crippen LogP contribution is 2.40. The monoisotopic (exact) mass is 507 g/mol. The number of carbonyl (C=O) groups is 1. The number of nitrogens with one attached hydrogen (secondary N) is 1. The third kappa shape index (κ3) is 5.33. The summed E-state index contributed by atoms with van der Waals surface area (Å²) in [6.45, 7) is 0. The molecule has 1 heterocycles. The summed E-state index contributed by atoms with van der Waals surface area (Å²) < 4.78 is 38.0. The lowest BCUT2D eigenvalue weighted by atomic mass is 9.83. The SMILES string of the molecule is COC(c1ccccc1)c1ccc(F)c(F)c1-c1nccn1[C@H](C(=O)NC1CCCC1)C1CCCCC1. The summed E-state index contributed by atoms with van der Waals surface area (Å²) in [6.07, 6.45) is 12.0. The van der Waals surface area contributed by atoms with Crippen LogP contribution in [0, 0.1) is 17.6 Å². The molecule has 37 heavy (non-hydrogen) atoms. The van der Waals surface area contributed by atoms with Crippen LogP contribution in [-0.2, 0) is 9.53 Å². The van der Waals surface area contributed by atoms with Gasteiger partial charge in [-0.2, -0.15) is 0 Å². The van der Waals surface area contributed by atoms with E-state index < -0.39 is 23.8 Å². The minimum Gasteiger partial charge on any atom is -0.372 e. The van der Waals surface area contributed by atoms with E-state index in [2.05, 4.69) is 10.3 Å². The van der Waals surface area contributed by atoms with Gasteiger partial charge in [0.15, 0.2) is 11.6 Å². The first-order valence-corrected chi connectivity index (χ1v) is 13.5. The summed E-state index contributed by atoms with van der Waals surface area (Å²) in [5.41, 5.74) is 1.33. The molecule has 3 aromatic rings. The minimum absolute atomic E-state index is 0.0372. The molecule has 196 valence electrons. The molecule has 0 saturated heterocycles. The van der Waals surface area contributed by atoms with Gasteiger partial charge in [-0.05, 0) is 48.8 Å². The van der Waals surface area contributed by atoms with Crippen LogP contribution in [0.5, 0.6) is 0 Å². The fraction of sp³-hybridized carbons (Fsp3) is 0.467. The summed E-state index contributed by atoms with van der Waals surface area (Å²) >= 11 is 0. The highest BCUT2D eigenvalue weighted by atomic mass is 19.2. The van der Waals surface area contributed by atoms with Gasteiger partial charge in [0.25, 0.3) is 0 Å². The average Bonchev–Trinajstić information content (AvgIpc) is 3.61. The maximum absolute atomic E-state index is 15.7. The fourth-order valence-corrected chi connectivity index (χ4v) is 6.19. The van der Waals surface area contributed by atoms with Gasteiger partial charge in [-0.15, -0.1) is 0 Å². The van der Waals surface area contributed by atoms with Crippen molar-refractivity contribution in [1.82, 2.24) is 14.9 Å². The van der Waals surface area contributed by atoms with Crippen LogP contribution in [0.2, 0.25) is 0 Å². The Morgan fingerprint density at radius 3 is 2.41 bits per heavy atom. The molecule has 0 radical (unpaired) electrons. The van der Waals surface area contributed by atoms with Gasteiger partial charge < -0.3 is 14.6 Å². The van der Waals surface area contributed by atoms with E-state index in [1.807, 2.05) is 30.3 Å². The van der Waals surface area contributed by atoms with E-state index >= 15 is 4.39 Å². The summed E-state index contributed by atoms with van der Waals surface area (Å²) in [5, 5.41) is 3.26. The highest BCUT2D eigenvalue weighted by molar-refractivity contribution is 5.82. The van der Waals surface area contributed by atoms with Gasteiger partial charge in [0.05, 0.1) is 5.56 Å². The number of ether oxygens (including phenoxy) is 1. The van der Waals surface area contributed by atoms with Crippen LogP contribution in [-0.4, -0.2) is 28.6 Å². The van der Waals surface area contributed by atoms with Crippen molar-refractivity contribution >= 4 is 5.91 Å². The van der Waals surface area contributed by atoms with E-state index in [4.69, 9.17) is 4.74 Å². The first-order valence-electron chi connectivity index (χ1n) is 13.5. The van der Waals surface area contributed by atoms with E-state index in [1.165, 1.54) is 0 Å².